The quantitative estimate of drug-likeness (QED) is 0.0278. The summed E-state index contributed by atoms with van der Waals surface area (Å²) in [5, 5.41) is 0. The van der Waals surface area contributed by atoms with E-state index in [1.54, 1.807) is 38.9 Å². The van der Waals surface area contributed by atoms with E-state index in [2.05, 4.69) is 281 Å². The molecule has 0 atom stereocenters. The van der Waals surface area contributed by atoms with Crippen LogP contribution in [0.5, 0.6) is 0 Å². The smallest absolute Gasteiger partial charge is 0.0464 e. The monoisotopic (exact) mass is 1470 g/mol. The second-order valence-corrected chi connectivity index (χ2v) is 34.1. The third-order valence-electron chi connectivity index (χ3n) is 26.3. The number of anilines is 6. The Morgan fingerprint density at radius 3 is 1.01 bits per heavy atom. The van der Waals surface area contributed by atoms with E-state index in [4.69, 9.17) is 0 Å². The number of nitrogens with zero attached hydrogens (tertiary/aromatic N) is 2. The van der Waals surface area contributed by atoms with E-state index >= 15 is 0 Å². The topological polar surface area (TPSA) is 6.48 Å². The summed E-state index contributed by atoms with van der Waals surface area (Å²) in [4.78, 5) is 4.89. The standard InChI is InChI=1S/C110H124N2/c1-7-11-15-17-19-27-69-109(70-28-20-18-16-12-8-2)105-73-82(6)43-65-101(105)102-67-55-93(79-107(102)109)94-56-68-104-103-66-54-92(78-106(103)110(108(104)80-94,71-29-21-25-35-85-44-46-87-48-50-90(87)74-85)72-30-22-26-36-86-45-47-88-49-51-91(88)75-86)89-52-59-96(60-53-89)112(100-40-32-38-84(77-100)34-24-14-10-4)98-63-61-97(62-64-98)111(95-57-41-81(5)42-58-95)99-39-31-37-83(76-99)33-23-13-9-3/h9-10,31-32,37-47,52-68,73-80H,3-4,7-8,11-30,33-36,48-51,69-72H2,1-2,5-6H3. The average molecular weight is 1470 g/mol. The first-order valence-electron chi connectivity index (χ1n) is 44.2. The van der Waals surface area contributed by atoms with Gasteiger partial charge in [0.05, 0.1) is 0 Å². The minimum Gasteiger partial charge on any atom is -0.310 e. The molecule has 0 radical (unpaired) electrons. The van der Waals surface area contributed by atoms with Crippen LogP contribution in [0.3, 0.4) is 0 Å². The lowest BCUT2D eigenvalue weighted by molar-refractivity contribution is 0.398. The highest BCUT2D eigenvalue weighted by Crippen LogP contribution is 2.59. The maximum Gasteiger partial charge on any atom is 0.0464 e. The van der Waals surface area contributed by atoms with Crippen molar-refractivity contribution >= 4 is 34.1 Å². The molecule has 4 aliphatic carbocycles. The summed E-state index contributed by atoms with van der Waals surface area (Å²) in [5.74, 6) is 0. The van der Waals surface area contributed by atoms with E-state index in [0.717, 1.165) is 98.3 Å². The van der Waals surface area contributed by atoms with E-state index in [1.807, 2.05) is 12.2 Å². The van der Waals surface area contributed by atoms with Gasteiger partial charge in [-0.2, -0.15) is 0 Å². The van der Waals surface area contributed by atoms with Gasteiger partial charge in [0.25, 0.3) is 0 Å². The lowest BCUT2D eigenvalue weighted by atomic mass is 9.69. The number of allylic oxidation sites excluding steroid dienone is 2. The second kappa shape index (κ2) is 37.0. The Kier molecular flexibility index (Phi) is 25.7. The Morgan fingerprint density at radius 1 is 0.277 bits per heavy atom. The summed E-state index contributed by atoms with van der Waals surface area (Å²) < 4.78 is 0. The average Bonchev–Trinajstić information content (AvgIpc) is 1.58. The van der Waals surface area contributed by atoms with Crippen LogP contribution in [0.1, 0.15) is 259 Å². The molecule has 0 bridgehead atoms. The Hall–Kier alpha value is -9.50. The number of hydrogen-bond acceptors (Lipinski definition) is 2. The predicted molar refractivity (Wildman–Crippen MR) is 483 cm³/mol. The molecule has 0 aliphatic heterocycles. The molecule has 0 amide bonds. The van der Waals surface area contributed by atoms with E-state index in [0.29, 0.717) is 0 Å². The summed E-state index contributed by atoms with van der Waals surface area (Å²) in [6.07, 6.45) is 45.4. The van der Waals surface area contributed by atoms with E-state index in [9.17, 15) is 0 Å². The van der Waals surface area contributed by atoms with Crippen molar-refractivity contribution < 1.29 is 0 Å². The van der Waals surface area contributed by atoms with Gasteiger partial charge in [0.15, 0.2) is 0 Å². The zero-order valence-corrected chi connectivity index (χ0v) is 68.4. The lowest BCUT2D eigenvalue weighted by Gasteiger charge is -2.34. The van der Waals surface area contributed by atoms with Crippen molar-refractivity contribution in [2.45, 2.75) is 257 Å². The third-order valence-corrected chi connectivity index (χ3v) is 26.3. The molecule has 0 N–H and O–H groups in total. The third kappa shape index (κ3) is 17.5. The van der Waals surface area contributed by atoms with Crippen molar-refractivity contribution in [3.8, 4) is 44.5 Å². The summed E-state index contributed by atoms with van der Waals surface area (Å²) in [7, 11) is 0. The molecule has 2 nitrogen and oxygen atoms in total. The van der Waals surface area contributed by atoms with Crippen LogP contribution in [0.2, 0.25) is 0 Å². The number of unbranched alkanes of at least 4 members (excludes halogenated alkanes) is 16. The Morgan fingerprint density at radius 2 is 0.607 bits per heavy atom. The maximum absolute atomic E-state index is 4.07. The molecule has 0 fully saturated rings. The fourth-order valence-corrected chi connectivity index (χ4v) is 19.8. The Bertz CT molecular complexity index is 4920. The van der Waals surface area contributed by atoms with Gasteiger partial charge in [0, 0.05) is 45.0 Å². The predicted octanol–water partition coefficient (Wildman–Crippen LogP) is 31.4. The molecule has 112 heavy (non-hydrogen) atoms. The molecule has 15 rings (SSSR count). The number of hydrogen-bond donors (Lipinski definition) is 0. The van der Waals surface area contributed by atoms with Gasteiger partial charge >= 0.3 is 0 Å². The van der Waals surface area contributed by atoms with Crippen LogP contribution in [0.4, 0.5) is 34.1 Å². The van der Waals surface area contributed by atoms with Gasteiger partial charge in [0.1, 0.15) is 0 Å². The highest BCUT2D eigenvalue weighted by atomic mass is 15.2. The molecule has 574 valence electrons. The van der Waals surface area contributed by atoms with Gasteiger partial charge in [0.2, 0.25) is 0 Å². The second-order valence-electron chi connectivity index (χ2n) is 34.1. The fraction of sp³-hybridized carbons (Fsp3) is 0.364. The molecule has 0 heterocycles. The molecule has 0 aromatic heterocycles. The first-order chi connectivity index (χ1) is 55.1. The molecule has 11 aromatic carbocycles. The molecule has 0 spiro atoms. The normalized spacial score (nSPS) is 13.6. The minimum atomic E-state index is -0.158. The molecule has 0 unspecified atom stereocenters. The van der Waals surface area contributed by atoms with Crippen LogP contribution < -0.4 is 9.80 Å². The molecule has 0 saturated carbocycles. The van der Waals surface area contributed by atoms with Crippen LogP contribution in [0.25, 0.3) is 44.5 Å². The van der Waals surface area contributed by atoms with Gasteiger partial charge in [-0.05, 0) is 332 Å². The zero-order chi connectivity index (χ0) is 76.6. The first kappa shape index (κ1) is 77.8. The van der Waals surface area contributed by atoms with Crippen LogP contribution in [-0.4, -0.2) is 0 Å². The van der Waals surface area contributed by atoms with Crippen molar-refractivity contribution in [2.75, 3.05) is 9.80 Å². The molecule has 11 aromatic rings. The Balaban J connectivity index is 0.799. The van der Waals surface area contributed by atoms with E-state index in [-0.39, 0.29) is 10.8 Å². The van der Waals surface area contributed by atoms with Crippen LogP contribution >= 0.6 is 0 Å². The Labute approximate surface area is 674 Å². The SMILES string of the molecule is C=CCCCc1cccc(N(c2ccc(C)cc2)c2ccc(N(c3ccc(-c4ccc5c(c4)C(CCCCCc4ccc6c(c4)CC6)(CCCCCc4ccc6c(c4)CC6)c4cc(-c6ccc7c(c6)C(CCCCCCCC)(CCCCCCCC)c6cc(C)ccc6-7)ccc4-5)cc3)c3cccc(CCCC=C)c3)cc2)c1. The van der Waals surface area contributed by atoms with Crippen molar-refractivity contribution in [1.29, 1.82) is 0 Å². The van der Waals surface area contributed by atoms with Crippen LogP contribution in [-0.2, 0) is 62.2 Å². The molecular weight excluding hydrogens is 1350 g/mol. The number of aryl methyl sites for hydroxylation is 10. The van der Waals surface area contributed by atoms with Gasteiger partial charge in [-0.3, -0.25) is 0 Å². The van der Waals surface area contributed by atoms with E-state index < -0.39 is 0 Å². The molecular formula is C110H124N2. The zero-order valence-electron chi connectivity index (χ0n) is 68.4. The minimum absolute atomic E-state index is 0.0125. The number of rotatable bonds is 42. The highest BCUT2D eigenvalue weighted by molar-refractivity contribution is 5.89. The van der Waals surface area contributed by atoms with E-state index in [1.165, 1.54) is 238 Å². The largest absolute Gasteiger partial charge is 0.310 e. The summed E-state index contributed by atoms with van der Waals surface area (Å²) in [5.41, 5.74) is 38.8. The van der Waals surface area contributed by atoms with Gasteiger partial charge in [-0.25, -0.2) is 0 Å². The summed E-state index contributed by atoms with van der Waals surface area (Å²) in [6.45, 7) is 17.3. The van der Waals surface area contributed by atoms with Crippen LogP contribution in [0.15, 0.2) is 256 Å². The van der Waals surface area contributed by atoms with Gasteiger partial charge in [-0.1, -0.05) is 279 Å². The first-order valence-corrected chi connectivity index (χ1v) is 44.2. The van der Waals surface area contributed by atoms with Crippen molar-refractivity contribution in [1.82, 2.24) is 0 Å². The van der Waals surface area contributed by atoms with Crippen molar-refractivity contribution in [3.05, 3.63) is 334 Å². The fourth-order valence-electron chi connectivity index (χ4n) is 19.8. The molecule has 2 heteroatoms. The van der Waals surface area contributed by atoms with Crippen molar-refractivity contribution in [2.24, 2.45) is 0 Å². The summed E-state index contributed by atoms with van der Waals surface area (Å²) in [6, 6.07) is 91.8. The van der Waals surface area contributed by atoms with Crippen LogP contribution in [0, 0.1) is 13.8 Å². The maximum atomic E-state index is 4.07. The molecule has 4 aliphatic rings. The van der Waals surface area contributed by atoms with Crippen molar-refractivity contribution in [3.63, 3.8) is 0 Å². The lowest BCUT2D eigenvalue weighted by Crippen LogP contribution is -2.26. The summed E-state index contributed by atoms with van der Waals surface area (Å²) >= 11 is 0. The molecule has 0 saturated heterocycles. The van der Waals surface area contributed by atoms with Gasteiger partial charge < -0.3 is 9.80 Å². The highest BCUT2D eigenvalue weighted by Gasteiger charge is 2.45. The number of fused-ring (bicyclic) bond motifs is 8. The van der Waals surface area contributed by atoms with Gasteiger partial charge in [-0.15, -0.1) is 13.2 Å². The number of benzene rings is 11.